The Labute approximate surface area is 122 Å². The predicted octanol–water partition coefficient (Wildman–Crippen LogP) is 3.43. The van der Waals surface area contributed by atoms with E-state index in [2.05, 4.69) is 5.32 Å². The fraction of sp³-hybridized carbons (Fsp3) is 0.188. The maximum atomic E-state index is 13.5. The van der Waals surface area contributed by atoms with Gasteiger partial charge in [-0.1, -0.05) is 18.2 Å². The zero-order valence-corrected chi connectivity index (χ0v) is 11.6. The van der Waals surface area contributed by atoms with Gasteiger partial charge in [0.1, 0.15) is 11.6 Å². The highest BCUT2D eigenvalue weighted by atomic mass is 19.1. The Morgan fingerprint density at radius 3 is 2.48 bits per heavy atom. The lowest BCUT2D eigenvalue weighted by atomic mass is 10.2. The van der Waals surface area contributed by atoms with E-state index in [1.165, 1.54) is 6.07 Å². The third-order valence-corrected chi connectivity index (χ3v) is 3.05. The van der Waals surface area contributed by atoms with Crippen molar-refractivity contribution in [3.05, 3.63) is 60.2 Å². The third kappa shape index (κ3) is 3.78. The summed E-state index contributed by atoms with van der Waals surface area (Å²) in [5.74, 6) is -1.55. The summed E-state index contributed by atoms with van der Waals surface area (Å²) in [7, 11) is 0. The van der Waals surface area contributed by atoms with Gasteiger partial charge in [-0.2, -0.15) is 0 Å². The molecule has 0 unspecified atom stereocenters. The monoisotopic (exact) mass is 290 g/mol. The Morgan fingerprint density at radius 1 is 1.14 bits per heavy atom. The number of amides is 1. The van der Waals surface area contributed by atoms with E-state index in [4.69, 9.17) is 0 Å². The topological polar surface area (TPSA) is 32.3 Å². The molecule has 0 aromatic heterocycles. The van der Waals surface area contributed by atoms with Crippen LogP contribution in [-0.4, -0.2) is 19.0 Å². The molecular weight excluding hydrogens is 274 g/mol. The van der Waals surface area contributed by atoms with Crippen LogP contribution in [0.5, 0.6) is 0 Å². The van der Waals surface area contributed by atoms with Gasteiger partial charge in [0.15, 0.2) is 0 Å². The van der Waals surface area contributed by atoms with Crippen LogP contribution in [0, 0.1) is 11.6 Å². The number of carbonyl (C=O) groups excluding carboxylic acids is 1. The van der Waals surface area contributed by atoms with Crippen molar-refractivity contribution >= 4 is 17.3 Å². The zero-order chi connectivity index (χ0) is 15.2. The molecule has 0 fully saturated rings. The van der Waals surface area contributed by atoms with Crippen LogP contribution < -0.4 is 10.2 Å². The van der Waals surface area contributed by atoms with Crippen LogP contribution in [0.25, 0.3) is 0 Å². The first-order chi connectivity index (χ1) is 10.1. The molecule has 2 aromatic rings. The summed E-state index contributed by atoms with van der Waals surface area (Å²) in [6.45, 7) is 2.31. The Hall–Kier alpha value is -2.43. The van der Waals surface area contributed by atoms with Crippen molar-refractivity contribution in [1.82, 2.24) is 0 Å². The van der Waals surface area contributed by atoms with Crippen LogP contribution in [0.4, 0.5) is 20.2 Å². The third-order valence-electron chi connectivity index (χ3n) is 3.05. The largest absolute Gasteiger partial charge is 0.374 e. The molecule has 0 saturated carbocycles. The molecule has 1 N–H and O–H groups in total. The van der Waals surface area contributed by atoms with Crippen molar-refractivity contribution in [2.45, 2.75) is 6.92 Å². The van der Waals surface area contributed by atoms with Gasteiger partial charge in [-0.05, 0) is 31.2 Å². The molecule has 3 nitrogen and oxygen atoms in total. The van der Waals surface area contributed by atoms with Gasteiger partial charge in [-0.25, -0.2) is 8.78 Å². The van der Waals surface area contributed by atoms with Crippen LogP contribution in [0.1, 0.15) is 6.92 Å². The van der Waals surface area contributed by atoms with E-state index in [9.17, 15) is 13.6 Å². The summed E-state index contributed by atoms with van der Waals surface area (Å²) >= 11 is 0. The summed E-state index contributed by atoms with van der Waals surface area (Å²) in [5.41, 5.74) is 0.889. The van der Waals surface area contributed by atoms with Gasteiger partial charge >= 0.3 is 0 Å². The number of anilines is 2. The molecule has 0 spiro atoms. The van der Waals surface area contributed by atoms with Crippen LogP contribution >= 0.6 is 0 Å². The first-order valence-corrected chi connectivity index (χ1v) is 6.66. The van der Waals surface area contributed by atoms with Gasteiger partial charge in [0.05, 0.1) is 12.2 Å². The smallest absolute Gasteiger partial charge is 0.246 e. The fourth-order valence-electron chi connectivity index (χ4n) is 2.01. The molecule has 0 bridgehead atoms. The Morgan fingerprint density at radius 2 is 1.86 bits per heavy atom. The molecule has 0 aliphatic carbocycles. The highest BCUT2D eigenvalue weighted by Gasteiger charge is 2.14. The van der Waals surface area contributed by atoms with E-state index in [-0.39, 0.29) is 18.1 Å². The van der Waals surface area contributed by atoms with Crippen LogP contribution in [-0.2, 0) is 4.79 Å². The molecule has 0 heterocycles. The number of hydrogen-bond donors (Lipinski definition) is 1. The molecule has 1 amide bonds. The summed E-state index contributed by atoms with van der Waals surface area (Å²) in [5, 5.41) is 2.69. The Balaban J connectivity index is 2.03. The number of nitrogens with one attached hydrogen (secondary N) is 1. The molecule has 0 radical (unpaired) electrons. The minimum Gasteiger partial charge on any atom is -0.374 e. The van der Waals surface area contributed by atoms with Crippen molar-refractivity contribution in [1.29, 1.82) is 0 Å². The van der Waals surface area contributed by atoms with Gasteiger partial charge in [-0.3, -0.25) is 4.79 Å². The summed E-state index contributed by atoms with van der Waals surface area (Å²) in [6, 6.07) is 12.4. The summed E-state index contributed by atoms with van der Waals surface area (Å²) in [6.07, 6.45) is 0. The van der Waals surface area contributed by atoms with Crippen LogP contribution in [0.3, 0.4) is 0 Å². The minimum absolute atomic E-state index is 0.0642. The van der Waals surface area contributed by atoms with Crippen molar-refractivity contribution in [3.63, 3.8) is 0 Å². The zero-order valence-electron chi connectivity index (χ0n) is 11.6. The summed E-state index contributed by atoms with van der Waals surface area (Å²) in [4.78, 5) is 13.8. The Bertz CT molecular complexity index is 617. The normalized spacial score (nSPS) is 10.2. The lowest BCUT2D eigenvalue weighted by Crippen LogP contribution is -2.35. The van der Waals surface area contributed by atoms with E-state index in [0.717, 1.165) is 17.8 Å². The van der Waals surface area contributed by atoms with Crippen molar-refractivity contribution in [2.75, 3.05) is 23.3 Å². The SMILES string of the molecule is CCN(C(=O)CNc1ccc(F)cc1F)c1ccccc1. The van der Waals surface area contributed by atoms with Gasteiger partial charge in [0.2, 0.25) is 5.91 Å². The lowest BCUT2D eigenvalue weighted by Gasteiger charge is -2.21. The van der Waals surface area contributed by atoms with Gasteiger partial charge in [-0.15, -0.1) is 0 Å². The fourth-order valence-corrected chi connectivity index (χ4v) is 2.01. The molecule has 21 heavy (non-hydrogen) atoms. The summed E-state index contributed by atoms with van der Waals surface area (Å²) < 4.78 is 26.3. The highest BCUT2D eigenvalue weighted by Crippen LogP contribution is 2.16. The maximum Gasteiger partial charge on any atom is 0.246 e. The average Bonchev–Trinajstić information content (AvgIpc) is 2.48. The van der Waals surface area contributed by atoms with E-state index in [0.29, 0.717) is 6.54 Å². The van der Waals surface area contributed by atoms with E-state index < -0.39 is 11.6 Å². The molecule has 110 valence electrons. The van der Waals surface area contributed by atoms with Gasteiger partial charge < -0.3 is 10.2 Å². The number of rotatable bonds is 5. The van der Waals surface area contributed by atoms with E-state index >= 15 is 0 Å². The average molecular weight is 290 g/mol. The quantitative estimate of drug-likeness (QED) is 0.915. The molecule has 0 aliphatic rings. The second-order valence-corrected chi connectivity index (χ2v) is 4.45. The number of hydrogen-bond acceptors (Lipinski definition) is 2. The van der Waals surface area contributed by atoms with E-state index in [1.807, 2.05) is 37.3 Å². The first kappa shape index (κ1) is 15.0. The molecule has 0 aliphatic heterocycles. The number of carbonyl (C=O) groups is 1. The van der Waals surface area contributed by atoms with Crippen molar-refractivity contribution in [2.24, 2.45) is 0 Å². The molecule has 5 heteroatoms. The second kappa shape index (κ2) is 6.83. The lowest BCUT2D eigenvalue weighted by molar-refractivity contribution is -0.116. The molecule has 0 atom stereocenters. The second-order valence-electron chi connectivity index (χ2n) is 4.45. The molecular formula is C16H16F2N2O. The van der Waals surface area contributed by atoms with Gasteiger partial charge in [0, 0.05) is 18.3 Å². The van der Waals surface area contributed by atoms with Gasteiger partial charge in [0.25, 0.3) is 0 Å². The van der Waals surface area contributed by atoms with Crippen molar-refractivity contribution in [3.8, 4) is 0 Å². The number of para-hydroxylation sites is 1. The van der Waals surface area contributed by atoms with Crippen LogP contribution in [0.15, 0.2) is 48.5 Å². The highest BCUT2D eigenvalue weighted by molar-refractivity contribution is 5.96. The standard InChI is InChI=1S/C16H16F2N2O/c1-2-20(13-6-4-3-5-7-13)16(21)11-19-15-9-8-12(17)10-14(15)18/h3-10,19H,2,11H2,1H3. The number of benzene rings is 2. The minimum atomic E-state index is -0.717. The number of likely N-dealkylation sites (N-methyl/N-ethyl adjacent to an activating group) is 1. The Kier molecular flexibility index (Phi) is 4.87. The molecule has 2 rings (SSSR count). The van der Waals surface area contributed by atoms with Crippen LogP contribution in [0.2, 0.25) is 0 Å². The van der Waals surface area contributed by atoms with E-state index in [1.54, 1.807) is 4.90 Å². The predicted molar refractivity (Wildman–Crippen MR) is 79.3 cm³/mol. The number of halogens is 2. The first-order valence-electron chi connectivity index (χ1n) is 6.66. The number of nitrogens with zero attached hydrogens (tertiary/aromatic N) is 1. The molecule has 0 saturated heterocycles. The maximum absolute atomic E-state index is 13.5. The molecule has 2 aromatic carbocycles. The van der Waals surface area contributed by atoms with Crippen molar-refractivity contribution < 1.29 is 13.6 Å².